The van der Waals surface area contributed by atoms with E-state index in [1.165, 1.54) is 4.90 Å². The van der Waals surface area contributed by atoms with Crippen molar-refractivity contribution in [3.8, 4) is 0 Å². The number of hydrogen-bond donors (Lipinski definition) is 2. The third-order valence-corrected chi connectivity index (χ3v) is 4.02. The molecular weight excluding hydrogens is 333 g/mol. The number of hydrogen-bond acceptors (Lipinski definition) is 3. The van der Waals surface area contributed by atoms with Gasteiger partial charge in [0.25, 0.3) is 0 Å². The van der Waals surface area contributed by atoms with E-state index in [2.05, 4.69) is 22.5 Å². The van der Waals surface area contributed by atoms with Gasteiger partial charge in [-0.2, -0.15) is 13.2 Å². The number of alkyl halides is 3. The summed E-state index contributed by atoms with van der Waals surface area (Å²) in [6, 6.07) is 0. The molecule has 0 radical (unpaired) electrons. The summed E-state index contributed by atoms with van der Waals surface area (Å²) in [6.45, 7) is 7.88. The van der Waals surface area contributed by atoms with E-state index in [1.54, 1.807) is 0 Å². The number of nitrogens with zero attached hydrogens (tertiary/aromatic N) is 2. The highest BCUT2D eigenvalue weighted by atomic mass is 19.4. The number of ether oxygens (including phenoxy) is 1. The molecule has 148 valence electrons. The molecule has 0 amide bonds. The molecule has 0 aromatic carbocycles. The van der Waals surface area contributed by atoms with Crippen LogP contribution in [0.1, 0.15) is 39.5 Å². The zero-order chi connectivity index (χ0) is 18.5. The first-order valence-electron chi connectivity index (χ1n) is 9.33. The van der Waals surface area contributed by atoms with Gasteiger partial charge in [0.15, 0.2) is 5.96 Å². The zero-order valence-corrected chi connectivity index (χ0v) is 15.5. The number of halogens is 3. The minimum atomic E-state index is -4.12. The molecule has 1 rings (SSSR count). The second kappa shape index (κ2) is 12.4. The van der Waals surface area contributed by atoms with Gasteiger partial charge < -0.3 is 15.4 Å². The number of aliphatic imine (C=N–C) groups is 1. The van der Waals surface area contributed by atoms with E-state index in [4.69, 9.17) is 4.74 Å². The summed E-state index contributed by atoms with van der Waals surface area (Å²) in [5, 5.41) is 6.42. The lowest BCUT2D eigenvalue weighted by atomic mass is 10.1. The number of rotatable bonds is 11. The van der Waals surface area contributed by atoms with E-state index < -0.39 is 12.7 Å². The quantitative estimate of drug-likeness (QED) is 0.335. The molecule has 2 N–H and O–H groups in total. The monoisotopic (exact) mass is 366 g/mol. The van der Waals surface area contributed by atoms with Crippen molar-refractivity contribution >= 4 is 5.96 Å². The van der Waals surface area contributed by atoms with E-state index in [-0.39, 0.29) is 5.92 Å². The summed E-state index contributed by atoms with van der Waals surface area (Å²) in [6.07, 6.45) is -0.226. The van der Waals surface area contributed by atoms with Crippen LogP contribution >= 0.6 is 0 Å². The van der Waals surface area contributed by atoms with E-state index in [1.807, 2.05) is 6.92 Å². The summed E-state index contributed by atoms with van der Waals surface area (Å²) < 4.78 is 42.8. The van der Waals surface area contributed by atoms with Crippen LogP contribution in [0, 0.1) is 5.92 Å². The minimum Gasteiger partial charge on any atom is -0.381 e. The van der Waals surface area contributed by atoms with Crippen molar-refractivity contribution in [3.63, 3.8) is 0 Å². The van der Waals surface area contributed by atoms with E-state index in [0.717, 1.165) is 57.9 Å². The minimum absolute atomic E-state index is 0.190. The van der Waals surface area contributed by atoms with Gasteiger partial charge in [0.2, 0.25) is 0 Å². The molecule has 1 saturated heterocycles. The maximum absolute atomic E-state index is 12.4. The van der Waals surface area contributed by atoms with Gasteiger partial charge in [0.1, 0.15) is 0 Å². The molecule has 25 heavy (non-hydrogen) atoms. The second-order valence-electron chi connectivity index (χ2n) is 6.47. The Hall–Kier alpha value is -1.02. The molecule has 0 aliphatic carbocycles. The van der Waals surface area contributed by atoms with Crippen LogP contribution in [0.2, 0.25) is 0 Å². The molecule has 1 fully saturated rings. The average molecular weight is 366 g/mol. The summed E-state index contributed by atoms with van der Waals surface area (Å²) in [5.74, 6) is 0.917. The van der Waals surface area contributed by atoms with Crippen LogP contribution in [0.5, 0.6) is 0 Å². The Bertz CT molecular complexity index is 377. The first-order valence-corrected chi connectivity index (χ1v) is 9.33. The van der Waals surface area contributed by atoms with Crippen LogP contribution in [0.3, 0.4) is 0 Å². The third kappa shape index (κ3) is 11.3. The van der Waals surface area contributed by atoms with Gasteiger partial charge >= 0.3 is 6.18 Å². The molecule has 0 saturated carbocycles. The van der Waals surface area contributed by atoms with Crippen molar-refractivity contribution in [2.45, 2.75) is 45.7 Å². The zero-order valence-electron chi connectivity index (χ0n) is 15.5. The molecule has 8 heteroatoms. The topological polar surface area (TPSA) is 48.9 Å². The van der Waals surface area contributed by atoms with Crippen molar-refractivity contribution in [1.82, 2.24) is 15.5 Å². The SMILES string of the molecule is CCCCOCCCNC(=NCC1CCN(CC(F)(F)F)C1)NCC. The average Bonchev–Trinajstić information content (AvgIpc) is 2.97. The van der Waals surface area contributed by atoms with Gasteiger partial charge in [0.05, 0.1) is 6.54 Å². The maximum Gasteiger partial charge on any atom is 0.401 e. The van der Waals surface area contributed by atoms with Gasteiger partial charge in [-0.3, -0.25) is 9.89 Å². The lowest BCUT2D eigenvalue weighted by molar-refractivity contribution is -0.143. The lowest BCUT2D eigenvalue weighted by Gasteiger charge is -2.17. The second-order valence-corrected chi connectivity index (χ2v) is 6.47. The number of nitrogens with one attached hydrogen (secondary N) is 2. The van der Waals surface area contributed by atoms with Crippen molar-refractivity contribution in [1.29, 1.82) is 0 Å². The fourth-order valence-corrected chi connectivity index (χ4v) is 2.75. The van der Waals surface area contributed by atoms with Crippen molar-refractivity contribution in [2.75, 3.05) is 52.5 Å². The van der Waals surface area contributed by atoms with E-state index >= 15 is 0 Å². The Morgan fingerprint density at radius 1 is 1.20 bits per heavy atom. The van der Waals surface area contributed by atoms with Gasteiger partial charge in [-0.05, 0) is 38.6 Å². The molecule has 1 aliphatic heterocycles. The predicted molar refractivity (Wildman–Crippen MR) is 94.9 cm³/mol. The largest absolute Gasteiger partial charge is 0.401 e. The summed E-state index contributed by atoms with van der Waals surface area (Å²) in [4.78, 5) is 5.99. The molecule has 0 bridgehead atoms. The predicted octanol–water partition coefficient (Wildman–Crippen LogP) is 2.63. The Kier molecular flexibility index (Phi) is 10.9. The highest BCUT2D eigenvalue weighted by Crippen LogP contribution is 2.22. The summed E-state index contributed by atoms with van der Waals surface area (Å²) in [7, 11) is 0. The molecule has 0 aromatic heterocycles. The molecule has 5 nitrogen and oxygen atoms in total. The standard InChI is InChI=1S/C17H33F3N4O/c1-3-5-10-25-11-6-8-22-16(21-4-2)23-12-15-7-9-24(13-15)14-17(18,19)20/h15H,3-14H2,1-2H3,(H2,21,22,23). The maximum atomic E-state index is 12.4. The van der Waals surface area contributed by atoms with Crippen LogP contribution in [0.4, 0.5) is 13.2 Å². The number of guanidine groups is 1. The Labute approximate surface area is 149 Å². The Morgan fingerprint density at radius 2 is 1.96 bits per heavy atom. The van der Waals surface area contributed by atoms with Crippen molar-refractivity contribution in [2.24, 2.45) is 10.9 Å². The van der Waals surface area contributed by atoms with Gasteiger partial charge in [-0.1, -0.05) is 13.3 Å². The highest BCUT2D eigenvalue weighted by Gasteiger charge is 2.34. The van der Waals surface area contributed by atoms with Crippen LogP contribution in [-0.2, 0) is 4.74 Å². The fraction of sp³-hybridized carbons (Fsp3) is 0.941. The van der Waals surface area contributed by atoms with Crippen molar-refractivity contribution in [3.05, 3.63) is 0 Å². The third-order valence-electron chi connectivity index (χ3n) is 4.02. The van der Waals surface area contributed by atoms with E-state index in [9.17, 15) is 13.2 Å². The van der Waals surface area contributed by atoms with Crippen LogP contribution in [0.15, 0.2) is 4.99 Å². The Morgan fingerprint density at radius 3 is 2.64 bits per heavy atom. The first kappa shape index (κ1) is 22.0. The Balaban J connectivity index is 2.24. The fourth-order valence-electron chi connectivity index (χ4n) is 2.75. The molecule has 1 unspecified atom stereocenters. The summed E-state index contributed by atoms with van der Waals surface area (Å²) >= 11 is 0. The van der Waals surface area contributed by atoms with Crippen LogP contribution in [-0.4, -0.2) is 69.5 Å². The molecule has 1 aliphatic rings. The summed E-state index contributed by atoms with van der Waals surface area (Å²) in [5.41, 5.74) is 0. The first-order chi connectivity index (χ1) is 11.9. The number of unbranched alkanes of at least 4 members (excludes halogenated alkanes) is 1. The smallest absolute Gasteiger partial charge is 0.381 e. The molecule has 0 aromatic rings. The molecule has 0 spiro atoms. The molecular formula is C17H33F3N4O. The van der Waals surface area contributed by atoms with Crippen LogP contribution in [0.25, 0.3) is 0 Å². The normalized spacial score (nSPS) is 19.4. The van der Waals surface area contributed by atoms with E-state index in [0.29, 0.717) is 19.6 Å². The van der Waals surface area contributed by atoms with Gasteiger partial charge in [0, 0.05) is 39.4 Å². The lowest BCUT2D eigenvalue weighted by Crippen LogP contribution is -2.38. The molecule has 1 heterocycles. The van der Waals surface area contributed by atoms with Gasteiger partial charge in [-0.15, -0.1) is 0 Å². The van der Waals surface area contributed by atoms with Crippen molar-refractivity contribution < 1.29 is 17.9 Å². The van der Waals surface area contributed by atoms with Gasteiger partial charge in [-0.25, -0.2) is 0 Å². The highest BCUT2D eigenvalue weighted by molar-refractivity contribution is 5.79. The molecule has 1 atom stereocenters. The number of likely N-dealkylation sites (tertiary alicyclic amines) is 1. The van der Waals surface area contributed by atoms with Crippen LogP contribution < -0.4 is 10.6 Å².